The Labute approximate surface area is 293 Å². The minimum atomic E-state index is -0.732. The maximum absolute atomic E-state index is 12.7. The summed E-state index contributed by atoms with van der Waals surface area (Å²) in [7, 11) is 0. The molecule has 262 valence electrons. The molecule has 0 heterocycles. The van der Waals surface area contributed by atoms with Gasteiger partial charge in [-0.2, -0.15) is 5.26 Å². The van der Waals surface area contributed by atoms with E-state index in [4.69, 9.17) is 18.9 Å². The van der Waals surface area contributed by atoms with Gasteiger partial charge in [-0.15, -0.1) is 0 Å². The van der Waals surface area contributed by atoms with Crippen molar-refractivity contribution in [2.45, 2.75) is 110 Å². The molecule has 0 saturated carbocycles. The Hall–Kier alpha value is -4.41. The van der Waals surface area contributed by atoms with Crippen LogP contribution < -0.4 is 14.2 Å². The highest BCUT2D eigenvalue weighted by molar-refractivity contribution is 5.99. The first-order valence-electron chi connectivity index (χ1n) is 18.0. The molecule has 1 atom stereocenters. The summed E-state index contributed by atoms with van der Waals surface area (Å²) < 4.78 is 22.5. The molecule has 0 amide bonds. The van der Waals surface area contributed by atoms with Crippen LogP contribution in [0.25, 0.3) is 17.2 Å². The van der Waals surface area contributed by atoms with Crippen molar-refractivity contribution in [2.75, 3.05) is 13.2 Å². The first kappa shape index (κ1) is 39.0. The zero-order valence-electron chi connectivity index (χ0n) is 29.6. The highest BCUT2D eigenvalue weighted by Gasteiger charge is 2.16. The Morgan fingerprint density at radius 1 is 0.633 bits per heavy atom. The summed E-state index contributed by atoms with van der Waals surface area (Å²) in [6.45, 7) is 7.36. The van der Waals surface area contributed by atoms with Gasteiger partial charge in [0.15, 0.2) is 6.10 Å². The molecule has 0 aliphatic rings. The van der Waals surface area contributed by atoms with Crippen molar-refractivity contribution in [3.63, 3.8) is 0 Å². The lowest BCUT2D eigenvalue weighted by Gasteiger charge is -2.13. The second kappa shape index (κ2) is 23.0. The molecular formula is C42H53NO6. The quantitative estimate of drug-likeness (QED) is 0.0326. The number of nitriles is 1. The van der Waals surface area contributed by atoms with Crippen LogP contribution in [0, 0.1) is 11.3 Å². The summed E-state index contributed by atoms with van der Waals surface area (Å²) in [6, 6.07) is 23.4. The zero-order valence-corrected chi connectivity index (χ0v) is 29.6. The van der Waals surface area contributed by atoms with Gasteiger partial charge in [-0.1, -0.05) is 121 Å². The SMILES string of the molecule is CCCCCCCCCCOC(C)C(=O)Oc1ccc(-c2ccc(OC(=O)/C(C#N)=C/c3ccc(OCCCCCCC)cc3)cc2)cc1. The average Bonchev–Trinajstić information content (AvgIpc) is 3.12. The van der Waals surface area contributed by atoms with E-state index in [0.717, 1.165) is 42.6 Å². The molecule has 0 spiro atoms. The van der Waals surface area contributed by atoms with Gasteiger partial charge in [0.1, 0.15) is 28.9 Å². The molecule has 49 heavy (non-hydrogen) atoms. The largest absolute Gasteiger partial charge is 0.494 e. The summed E-state index contributed by atoms with van der Waals surface area (Å²) in [5.74, 6) is 0.374. The maximum atomic E-state index is 12.7. The molecule has 0 fully saturated rings. The van der Waals surface area contributed by atoms with Crippen LogP contribution in [-0.4, -0.2) is 31.3 Å². The number of nitrogens with zero attached hydrogens (tertiary/aromatic N) is 1. The zero-order chi connectivity index (χ0) is 35.1. The van der Waals surface area contributed by atoms with Crippen molar-refractivity contribution >= 4 is 18.0 Å². The molecule has 0 radical (unpaired) electrons. The monoisotopic (exact) mass is 667 g/mol. The number of unbranched alkanes of at least 4 members (excludes halogenated alkanes) is 11. The Bertz CT molecular complexity index is 1460. The van der Waals surface area contributed by atoms with Crippen molar-refractivity contribution in [1.29, 1.82) is 5.26 Å². The number of ether oxygens (including phenoxy) is 4. The van der Waals surface area contributed by atoms with Crippen LogP contribution in [0.5, 0.6) is 17.2 Å². The Morgan fingerprint density at radius 3 is 1.63 bits per heavy atom. The van der Waals surface area contributed by atoms with Crippen molar-refractivity contribution in [3.05, 3.63) is 83.9 Å². The molecule has 0 N–H and O–H groups in total. The molecule has 3 aromatic rings. The van der Waals surface area contributed by atoms with Crippen LogP contribution in [-0.2, 0) is 14.3 Å². The third-order valence-corrected chi connectivity index (χ3v) is 8.22. The molecule has 3 rings (SSSR count). The Kier molecular flexibility index (Phi) is 18.3. The standard InChI is InChI=1S/C42H53NO6/c1-4-6-8-10-11-12-14-15-29-46-33(3)41(44)48-39-25-19-35(20-26-39)36-21-27-40(28-22-36)49-42(45)37(32-43)31-34-17-23-38(24-18-34)47-30-16-13-9-7-5-2/h17-28,31,33H,4-16,29-30H2,1-3H3/b37-31+. The minimum Gasteiger partial charge on any atom is -0.494 e. The molecule has 0 bridgehead atoms. The lowest BCUT2D eigenvalue weighted by molar-refractivity contribution is -0.146. The van der Waals surface area contributed by atoms with Crippen LogP contribution in [0.1, 0.15) is 110 Å². The first-order chi connectivity index (χ1) is 23.9. The second-order valence-corrected chi connectivity index (χ2v) is 12.3. The summed E-state index contributed by atoms with van der Waals surface area (Å²) in [6.07, 6.45) is 16.5. The smallest absolute Gasteiger partial charge is 0.354 e. The van der Waals surface area contributed by atoms with Gasteiger partial charge in [-0.05, 0) is 78.9 Å². The van der Waals surface area contributed by atoms with Crippen LogP contribution in [0.3, 0.4) is 0 Å². The third-order valence-electron chi connectivity index (χ3n) is 8.22. The Morgan fingerprint density at radius 2 is 1.10 bits per heavy atom. The van der Waals surface area contributed by atoms with E-state index in [1.54, 1.807) is 31.2 Å². The van der Waals surface area contributed by atoms with Gasteiger partial charge < -0.3 is 18.9 Å². The van der Waals surface area contributed by atoms with Gasteiger partial charge in [0.05, 0.1) is 6.61 Å². The molecule has 0 aromatic heterocycles. The van der Waals surface area contributed by atoms with E-state index in [1.165, 1.54) is 63.9 Å². The highest BCUT2D eigenvalue weighted by atomic mass is 16.6. The summed E-state index contributed by atoms with van der Waals surface area (Å²) in [4.78, 5) is 25.2. The molecule has 1 unspecified atom stereocenters. The van der Waals surface area contributed by atoms with Gasteiger partial charge in [0.25, 0.3) is 0 Å². The maximum Gasteiger partial charge on any atom is 0.354 e. The molecule has 7 nitrogen and oxygen atoms in total. The van der Waals surface area contributed by atoms with E-state index in [1.807, 2.05) is 54.6 Å². The highest BCUT2D eigenvalue weighted by Crippen LogP contribution is 2.26. The van der Waals surface area contributed by atoms with Crippen molar-refractivity contribution in [1.82, 2.24) is 0 Å². The summed E-state index contributed by atoms with van der Waals surface area (Å²) in [5.41, 5.74) is 2.39. The van der Waals surface area contributed by atoms with Crippen molar-refractivity contribution in [2.24, 2.45) is 0 Å². The van der Waals surface area contributed by atoms with Crippen LogP contribution in [0.15, 0.2) is 78.4 Å². The molecule has 3 aromatic carbocycles. The molecule has 0 aliphatic carbocycles. The number of hydrogen-bond donors (Lipinski definition) is 0. The van der Waals surface area contributed by atoms with Crippen LogP contribution in [0.2, 0.25) is 0 Å². The number of carbonyl (C=O) groups excluding carboxylic acids is 2. The van der Waals surface area contributed by atoms with Crippen LogP contribution >= 0.6 is 0 Å². The number of carbonyl (C=O) groups is 2. The minimum absolute atomic E-state index is 0.105. The molecule has 0 aliphatic heterocycles. The van der Waals surface area contributed by atoms with Gasteiger partial charge >= 0.3 is 11.9 Å². The number of esters is 2. The molecule has 0 saturated heterocycles. The number of benzene rings is 3. The van der Waals surface area contributed by atoms with E-state index in [9.17, 15) is 14.9 Å². The van der Waals surface area contributed by atoms with E-state index in [0.29, 0.717) is 30.3 Å². The molecule has 7 heteroatoms. The number of rotatable bonds is 23. The van der Waals surface area contributed by atoms with Gasteiger partial charge in [-0.25, -0.2) is 9.59 Å². The normalized spacial score (nSPS) is 11.8. The van der Waals surface area contributed by atoms with E-state index < -0.39 is 18.0 Å². The lowest BCUT2D eigenvalue weighted by atomic mass is 10.1. The van der Waals surface area contributed by atoms with Crippen molar-refractivity contribution in [3.8, 4) is 34.4 Å². The fourth-order valence-corrected chi connectivity index (χ4v) is 5.22. The third kappa shape index (κ3) is 15.1. The topological polar surface area (TPSA) is 94.9 Å². The van der Waals surface area contributed by atoms with E-state index >= 15 is 0 Å². The van der Waals surface area contributed by atoms with Gasteiger partial charge in [0.2, 0.25) is 0 Å². The Balaban J connectivity index is 1.42. The first-order valence-corrected chi connectivity index (χ1v) is 18.0. The van der Waals surface area contributed by atoms with Gasteiger partial charge in [0, 0.05) is 6.61 Å². The van der Waals surface area contributed by atoms with Crippen LogP contribution in [0.4, 0.5) is 0 Å². The predicted molar refractivity (Wildman–Crippen MR) is 195 cm³/mol. The summed E-state index contributed by atoms with van der Waals surface area (Å²) in [5, 5.41) is 9.61. The average molecular weight is 668 g/mol. The predicted octanol–water partition coefficient (Wildman–Crippen LogP) is 10.7. The molecular weight excluding hydrogens is 614 g/mol. The summed E-state index contributed by atoms with van der Waals surface area (Å²) >= 11 is 0. The van der Waals surface area contributed by atoms with Gasteiger partial charge in [-0.3, -0.25) is 0 Å². The fraction of sp³-hybridized carbons (Fsp3) is 0.452. The van der Waals surface area contributed by atoms with E-state index in [2.05, 4.69) is 13.8 Å². The number of hydrogen-bond acceptors (Lipinski definition) is 7. The fourth-order valence-electron chi connectivity index (χ4n) is 5.22. The van der Waals surface area contributed by atoms with Crippen molar-refractivity contribution < 1.29 is 28.5 Å². The second-order valence-electron chi connectivity index (χ2n) is 12.3. The lowest BCUT2D eigenvalue weighted by Crippen LogP contribution is -2.26. The van der Waals surface area contributed by atoms with E-state index in [-0.39, 0.29) is 5.57 Å².